The maximum Gasteiger partial charge on any atom is 0.277 e. The fraction of sp³-hybridized carbons (Fsp3) is 0.143. The van der Waals surface area contributed by atoms with E-state index in [2.05, 4.69) is 32.5 Å². The molecular weight excluding hydrogens is 406 g/mol. The predicted molar refractivity (Wildman–Crippen MR) is 115 cm³/mol. The average Bonchev–Trinajstić information content (AvgIpc) is 3.28. The number of nitrogens with zero attached hydrogens (tertiary/aromatic N) is 4. The van der Waals surface area contributed by atoms with Gasteiger partial charge in [0.1, 0.15) is 5.69 Å². The van der Waals surface area contributed by atoms with Crippen LogP contribution in [0.1, 0.15) is 32.3 Å². The number of hydrogen-bond donors (Lipinski definition) is 1. The molecule has 8 heteroatoms. The zero-order valence-electron chi connectivity index (χ0n) is 15.9. The van der Waals surface area contributed by atoms with Gasteiger partial charge in [0.05, 0.1) is 10.7 Å². The first-order chi connectivity index (χ1) is 14.0. The van der Waals surface area contributed by atoms with E-state index in [4.69, 9.17) is 11.6 Å². The summed E-state index contributed by atoms with van der Waals surface area (Å²) in [5.74, 6) is 0.132. The van der Waals surface area contributed by atoms with Crippen molar-refractivity contribution in [2.75, 3.05) is 5.32 Å². The van der Waals surface area contributed by atoms with Crippen LogP contribution in [0.5, 0.6) is 0 Å². The summed E-state index contributed by atoms with van der Waals surface area (Å²) in [6, 6.07) is 15.4. The Morgan fingerprint density at radius 3 is 2.69 bits per heavy atom. The number of pyridine rings is 1. The first-order valence-corrected chi connectivity index (χ1v) is 10.2. The summed E-state index contributed by atoms with van der Waals surface area (Å²) in [7, 11) is 0. The molecule has 1 aromatic carbocycles. The van der Waals surface area contributed by atoms with Crippen molar-refractivity contribution < 1.29 is 4.79 Å². The van der Waals surface area contributed by atoms with Gasteiger partial charge < -0.3 is 0 Å². The Kier molecular flexibility index (Phi) is 5.42. The topological polar surface area (TPSA) is 72.7 Å². The molecule has 0 aliphatic carbocycles. The van der Waals surface area contributed by atoms with Crippen molar-refractivity contribution in [2.45, 2.75) is 20.3 Å². The second-order valence-corrected chi connectivity index (χ2v) is 8.11. The summed E-state index contributed by atoms with van der Waals surface area (Å²) >= 11 is 7.66. The fourth-order valence-electron chi connectivity index (χ4n) is 2.97. The van der Waals surface area contributed by atoms with Gasteiger partial charge >= 0.3 is 0 Å². The molecule has 0 unspecified atom stereocenters. The quantitative estimate of drug-likeness (QED) is 0.498. The van der Waals surface area contributed by atoms with Gasteiger partial charge in [-0.05, 0) is 37.6 Å². The number of rotatable bonds is 5. The molecule has 0 atom stereocenters. The Morgan fingerprint density at radius 2 is 1.97 bits per heavy atom. The van der Waals surface area contributed by atoms with E-state index in [1.807, 2.05) is 38.1 Å². The molecule has 4 rings (SSSR count). The minimum absolute atomic E-state index is 0.136. The highest BCUT2D eigenvalue weighted by molar-refractivity contribution is 7.15. The Balaban J connectivity index is 1.53. The number of carbonyl (C=O) groups is 1. The normalized spacial score (nSPS) is 10.9. The zero-order valence-corrected chi connectivity index (χ0v) is 17.5. The third-order valence-corrected chi connectivity index (χ3v) is 5.49. The van der Waals surface area contributed by atoms with E-state index in [-0.39, 0.29) is 10.7 Å². The molecule has 3 aromatic heterocycles. The van der Waals surface area contributed by atoms with E-state index < -0.39 is 5.91 Å². The monoisotopic (exact) mass is 423 g/mol. The lowest BCUT2D eigenvalue weighted by atomic mass is 10.1. The highest BCUT2D eigenvalue weighted by atomic mass is 35.5. The third-order valence-electron chi connectivity index (χ3n) is 4.27. The van der Waals surface area contributed by atoms with Gasteiger partial charge in [-0.2, -0.15) is 5.10 Å². The molecule has 29 heavy (non-hydrogen) atoms. The molecular formula is C21H18ClN5OS. The summed E-state index contributed by atoms with van der Waals surface area (Å²) in [4.78, 5) is 22.5. The average molecular weight is 424 g/mol. The Hall–Kier alpha value is -3.03. The molecule has 146 valence electrons. The third kappa shape index (κ3) is 4.36. The Bertz CT molecular complexity index is 1170. The van der Waals surface area contributed by atoms with Crippen LogP contribution in [-0.4, -0.2) is 25.7 Å². The SMILES string of the molecule is Cc1cc(C)n(-c2ccc(Cl)c(C(=O)Nc3ncc(Cc4ccccc4)s3)n2)n1. The number of thiazole rings is 1. The van der Waals surface area contributed by atoms with Gasteiger partial charge in [-0.1, -0.05) is 41.9 Å². The predicted octanol–water partition coefficient (Wildman–Crippen LogP) is 4.84. The highest BCUT2D eigenvalue weighted by Crippen LogP contribution is 2.23. The maximum absolute atomic E-state index is 12.8. The molecule has 0 saturated heterocycles. The van der Waals surface area contributed by atoms with Gasteiger partial charge in [0.15, 0.2) is 10.9 Å². The van der Waals surface area contributed by atoms with Gasteiger partial charge in [-0.3, -0.25) is 10.1 Å². The second-order valence-electron chi connectivity index (χ2n) is 6.59. The van der Waals surface area contributed by atoms with Crippen molar-refractivity contribution in [1.82, 2.24) is 19.7 Å². The molecule has 0 fully saturated rings. The van der Waals surface area contributed by atoms with E-state index in [0.29, 0.717) is 10.9 Å². The van der Waals surface area contributed by atoms with Crippen molar-refractivity contribution in [1.29, 1.82) is 0 Å². The van der Waals surface area contributed by atoms with Gasteiger partial charge in [-0.25, -0.2) is 14.6 Å². The minimum Gasteiger partial charge on any atom is -0.296 e. The van der Waals surface area contributed by atoms with Gasteiger partial charge in [0.2, 0.25) is 0 Å². The lowest BCUT2D eigenvalue weighted by Gasteiger charge is -2.08. The number of carbonyl (C=O) groups excluding carboxylic acids is 1. The zero-order chi connectivity index (χ0) is 20.4. The maximum atomic E-state index is 12.8. The molecule has 0 radical (unpaired) electrons. The Morgan fingerprint density at radius 1 is 1.17 bits per heavy atom. The van der Waals surface area contributed by atoms with Crippen molar-refractivity contribution in [2.24, 2.45) is 0 Å². The number of benzene rings is 1. The molecule has 1 amide bonds. The summed E-state index contributed by atoms with van der Waals surface area (Å²) in [5.41, 5.74) is 3.13. The first kappa shape index (κ1) is 19.3. The van der Waals surface area contributed by atoms with Crippen LogP contribution in [-0.2, 0) is 6.42 Å². The van der Waals surface area contributed by atoms with Crippen LogP contribution >= 0.6 is 22.9 Å². The van der Waals surface area contributed by atoms with Crippen LogP contribution < -0.4 is 5.32 Å². The molecule has 0 bridgehead atoms. The largest absolute Gasteiger partial charge is 0.296 e. The minimum atomic E-state index is -0.404. The number of hydrogen-bond acceptors (Lipinski definition) is 5. The first-order valence-electron chi connectivity index (χ1n) is 9.00. The molecule has 0 aliphatic heterocycles. The number of nitrogens with one attached hydrogen (secondary N) is 1. The van der Waals surface area contributed by atoms with Gasteiger partial charge in [0, 0.05) is 23.2 Å². The van der Waals surface area contributed by atoms with E-state index >= 15 is 0 Å². The number of aryl methyl sites for hydroxylation is 2. The number of amides is 1. The number of aromatic nitrogens is 4. The van der Waals surface area contributed by atoms with E-state index in [9.17, 15) is 4.79 Å². The molecule has 3 heterocycles. The summed E-state index contributed by atoms with van der Waals surface area (Å²) < 4.78 is 1.68. The molecule has 6 nitrogen and oxygen atoms in total. The lowest BCUT2D eigenvalue weighted by Crippen LogP contribution is -2.16. The molecule has 4 aromatic rings. The Labute approximate surface area is 177 Å². The van der Waals surface area contributed by atoms with Crippen LogP contribution in [0.15, 0.2) is 54.7 Å². The van der Waals surface area contributed by atoms with E-state index in [1.165, 1.54) is 16.9 Å². The van der Waals surface area contributed by atoms with E-state index in [0.717, 1.165) is 22.7 Å². The van der Waals surface area contributed by atoms with Crippen LogP contribution in [0.4, 0.5) is 5.13 Å². The lowest BCUT2D eigenvalue weighted by molar-refractivity contribution is 0.102. The summed E-state index contributed by atoms with van der Waals surface area (Å²) in [6.07, 6.45) is 2.54. The molecule has 0 spiro atoms. The van der Waals surface area contributed by atoms with Crippen molar-refractivity contribution in [3.63, 3.8) is 0 Å². The fourth-order valence-corrected chi connectivity index (χ4v) is 4.00. The second kappa shape index (κ2) is 8.14. The van der Waals surface area contributed by atoms with Crippen molar-refractivity contribution >= 4 is 34.0 Å². The van der Waals surface area contributed by atoms with Crippen LogP contribution in [0.2, 0.25) is 5.02 Å². The van der Waals surface area contributed by atoms with Crippen molar-refractivity contribution in [3.8, 4) is 5.82 Å². The number of halogens is 1. The van der Waals surface area contributed by atoms with Gasteiger partial charge in [0.25, 0.3) is 5.91 Å². The summed E-state index contributed by atoms with van der Waals surface area (Å²) in [6.45, 7) is 3.84. The molecule has 0 saturated carbocycles. The number of anilines is 1. The van der Waals surface area contributed by atoms with Gasteiger partial charge in [-0.15, -0.1) is 11.3 Å². The van der Waals surface area contributed by atoms with E-state index in [1.54, 1.807) is 23.0 Å². The van der Waals surface area contributed by atoms with Crippen molar-refractivity contribution in [3.05, 3.63) is 87.3 Å². The van der Waals surface area contributed by atoms with Crippen LogP contribution in [0, 0.1) is 13.8 Å². The molecule has 0 aliphatic rings. The standard InChI is InChI=1S/C21H18ClN5OS/c1-13-10-14(2)27(26-13)18-9-8-17(22)19(24-18)20(28)25-21-23-12-16(29-21)11-15-6-4-3-5-7-15/h3-10,12H,11H2,1-2H3,(H,23,25,28). The molecule has 1 N–H and O–H groups in total. The van der Waals surface area contributed by atoms with Crippen LogP contribution in [0.3, 0.4) is 0 Å². The highest BCUT2D eigenvalue weighted by Gasteiger charge is 2.17. The van der Waals surface area contributed by atoms with Crippen LogP contribution in [0.25, 0.3) is 5.82 Å². The summed E-state index contributed by atoms with van der Waals surface area (Å²) in [5, 5.41) is 7.98. The smallest absolute Gasteiger partial charge is 0.277 e.